The maximum Gasteiger partial charge on any atom is 0.191 e. The van der Waals surface area contributed by atoms with Crippen molar-refractivity contribution in [3.8, 4) is 11.5 Å². The molecular formula is C19H21N3O2S. The van der Waals surface area contributed by atoms with Crippen molar-refractivity contribution >= 4 is 28.7 Å². The molecule has 2 N–H and O–H groups in total. The lowest BCUT2D eigenvalue weighted by atomic mass is 10.1. The molecule has 1 aliphatic heterocycles. The van der Waals surface area contributed by atoms with E-state index in [2.05, 4.69) is 15.8 Å². The van der Waals surface area contributed by atoms with Crippen molar-refractivity contribution in [3.05, 3.63) is 53.1 Å². The van der Waals surface area contributed by atoms with Crippen molar-refractivity contribution in [2.75, 3.05) is 18.5 Å². The zero-order chi connectivity index (χ0) is 17.8. The highest BCUT2D eigenvalue weighted by atomic mass is 32.1. The molecule has 0 fully saturated rings. The van der Waals surface area contributed by atoms with Gasteiger partial charge in [-0.1, -0.05) is 18.2 Å². The summed E-state index contributed by atoms with van der Waals surface area (Å²) in [4.78, 5) is 0. The van der Waals surface area contributed by atoms with Crippen molar-refractivity contribution in [3.63, 3.8) is 0 Å². The fraction of sp³-hybridized carbons (Fsp3) is 0.263. The number of ether oxygens (including phenoxy) is 2. The molecule has 5 nitrogen and oxygen atoms in total. The SMILES string of the molecule is C/C(=N/NC(=S)Nc1c(C)cccc1C)c1ccc2c(c1)OCCO2. The average Bonchev–Trinajstić information content (AvgIpc) is 2.62. The first-order valence-electron chi connectivity index (χ1n) is 8.12. The second kappa shape index (κ2) is 7.53. The number of para-hydroxylation sites is 1. The van der Waals surface area contributed by atoms with Crippen molar-refractivity contribution < 1.29 is 9.47 Å². The minimum atomic E-state index is 0.453. The Balaban J connectivity index is 1.68. The Morgan fingerprint density at radius 1 is 1.04 bits per heavy atom. The summed E-state index contributed by atoms with van der Waals surface area (Å²) in [7, 11) is 0. The van der Waals surface area contributed by atoms with Crippen molar-refractivity contribution in [1.82, 2.24) is 5.43 Å². The van der Waals surface area contributed by atoms with E-state index in [-0.39, 0.29) is 0 Å². The Labute approximate surface area is 153 Å². The molecular weight excluding hydrogens is 334 g/mol. The van der Waals surface area contributed by atoms with E-state index in [1.54, 1.807) is 0 Å². The van der Waals surface area contributed by atoms with E-state index in [4.69, 9.17) is 21.7 Å². The van der Waals surface area contributed by atoms with Crippen molar-refractivity contribution in [1.29, 1.82) is 0 Å². The van der Waals surface area contributed by atoms with Crippen LogP contribution in [0, 0.1) is 13.8 Å². The molecule has 2 aromatic rings. The van der Waals surface area contributed by atoms with Gasteiger partial charge in [0.1, 0.15) is 13.2 Å². The van der Waals surface area contributed by atoms with Gasteiger partial charge in [-0.3, -0.25) is 5.43 Å². The minimum Gasteiger partial charge on any atom is -0.486 e. The number of rotatable bonds is 3. The van der Waals surface area contributed by atoms with Crippen LogP contribution in [0.2, 0.25) is 0 Å². The number of fused-ring (bicyclic) bond motifs is 1. The van der Waals surface area contributed by atoms with Crippen LogP contribution in [0.25, 0.3) is 0 Å². The Bertz CT molecular complexity index is 813. The second-order valence-electron chi connectivity index (χ2n) is 5.89. The fourth-order valence-electron chi connectivity index (χ4n) is 2.62. The summed E-state index contributed by atoms with van der Waals surface area (Å²) in [6.45, 7) is 7.15. The van der Waals surface area contributed by atoms with E-state index in [9.17, 15) is 0 Å². The maximum atomic E-state index is 5.61. The molecule has 0 saturated heterocycles. The van der Waals surface area contributed by atoms with E-state index in [1.165, 1.54) is 0 Å². The van der Waals surface area contributed by atoms with E-state index < -0.39 is 0 Å². The van der Waals surface area contributed by atoms with Crippen molar-refractivity contribution in [2.24, 2.45) is 5.10 Å². The fourth-order valence-corrected chi connectivity index (χ4v) is 2.77. The first-order valence-corrected chi connectivity index (χ1v) is 8.53. The smallest absolute Gasteiger partial charge is 0.191 e. The molecule has 0 spiro atoms. The normalized spacial score (nSPS) is 13.3. The summed E-state index contributed by atoms with van der Waals surface area (Å²) >= 11 is 5.35. The number of benzene rings is 2. The first-order chi connectivity index (χ1) is 12.0. The van der Waals surface area contributed by atoms with Gasteiger partial charge in [-0.05, 0) is 62.3 Å². The van der Waals surface area contributed by atoms with Gasteiger partial charge >= 0.3 is 0 Å². The first kappa shape index (κ1) is 17.2. The zero-order valence-electron chi connectivity index (χ0n) is 14.6. The molecule has 0 atom stereocenters. The van der Waals surface area contributed by atoms with Crippen LogP contribution < -0.4 is 20.2 Å². The highest BCUT2D eigenvalue weighted by Gasteiger charge is 2.12. The van der Waals surface area contributed by atoms with E-state index in [0.29, 0.717) is 18.3 Å². The van der Waals surface area contributed by atoms with Gasteiger partial charge in [-0.25, -0.2) is 0 Å². The van der Waals surface area contributed by atoms with Gasteiger partial charge in [-0.2, -0.15) is 5.10 Å². The molecule has 0 saturated carbocycles. The van der Waals surface area contributed by atoms with Gasteiger partial charge in [-0.15, -0.1) is 0 Å². The highest BCUT2D eigenvalue weighted by molar-refractivity contribution is 7.80. The van der Waals surface area contributed by atoms with Crippen LogP contribution in [0.3, 0.4) is 0 Å². The van der Waals surface area contributed by atoms with Gasteiger partial charge in [0.25, 0.3) is 0 Å². The monoisotopic (exact) mass is 355 g/mol. The number of anilines is 1. The third kappa shape index (κ3) is 4.09. The molecule has 0 aromatic heterocycles. The number of hydrogen-bond acceptors (Lipinski definition) is 4. The van der Waals surface area contributed by atoms with Crippen LogP contribution >= 0.6 is 12.2 Å². The summed E-state index contributed by atoms with van der Waals surface area (Å²) < 4.78 is 11.1. The second-order valence-corrected chi connectivity index (χ2v) is 6.30. The summed E-state index contributed by atoms with van der Waals surface area (Å²) in [5.74, 6) is 1.51. The van der Waals surface area contributed by atoms with Crippen LogP contribution in [0.15, 0.2) is 41.5 Å². The number of nitrogens with one attached hydrogen (secondary N) is 2. The zero-order valence-corrected chi connectivity index (χ0v) is 15.4. The molecule has 2 aromatic carbocycles. The Kier molecular flexibility index (Phi) is 5.19. The lowest BCUT2D eigenvalue weighted by Crippen LogP contribution is -2.25. The van der Waals surface area contributed by atoms with Gasteiger partial charge < -0.3 is 14.8 Å². The number of aryl methyl sites for hydroxylation is 2. The molecule has 6 heteroatoms. The Morgan fingerprint density at radius 2 is 1.72 bits per heavy atom. The molecule has 0 amide bonds. The van der Waals surface area contributed by atoms with Gasteiger partial charge in [0.05, 0.1) is 5.71 Å². The van der Waals surface area contributed by atoms with E-state index in [1.807, 2.05) is 57.2 Å². The number of nitrogens with zero attached hydrogens (tertiary/aromatic N) is 1. The maximum absolute atomic E-state index is 5.61. The van der Waals surface area contributed by atoms with Crippen molar-refractivity contribution in [2.45, 2.75) is 20.8 Å². The third-order valence-electron chi connectivity index (χ3n) is 4.00. The largest absolute Gasteiger partial charge is 0.486 e. The van der Waals surface area contributed by atoms with Crippen LogP contribution in [0.4, 0.5) is 5.69 Å². The predicted octanol–water partition coefficient (Wildman–Crippen LogP) is 3.79. The lowest BCUT2D eigenvalue weighted by Gasteiger charge is -2.18. The molecule has 0 bridgehead atoms. The van der Waals surface area contributed by atoms with Crippen LogP contribution in [-0.4, -0.2) is 24.0 Å². The predicted molar refractivity (Wildman–Crippen MR) is 105 cm³/mol. The highest BCUT2D eigenvalue weighted by Crippen LogP contribution is 2.30. The molecule has 0 radical (unpaired) electrons. The molecule has 3 rings (SSSR count). The number of thiocarbonyl (C=S) groups is 1. The summed E-state index contributed by atoms with van der Waals surface area (Å²) in [5, 5.41) is 8.02. The lowest BCUT2D eigenvalue weighted by molar-refractivity contribution is 0.171. The third-order valence-corrected chi connectivity index (χ3v) is 4.20. The van der Waals surface area contributed by atoms with Crippen LogP contribution in [0.1, 0.15) is 23.6 Å². The minimum absolute atomic E-state index is 0.453. The molecule has 130 valence electrons. The Hall–Kier alpha value is -2.60. The molecule has 1 aliphatic rings. The molecule has 1 heterocycles. The molecule has 25 heavy (non-hydrogen) atoms. The van der Waals surface area contributed by atoms with Crippen LogP contribution in [-0.2, 0) is 0 Å². The van der Waals surface area contributed by atoms with E-state index >= 15 is 0 Å². The quantitative estimate of drug-likeness (QED) is 0.498. The van der Waals surface area contributed by atoms with E-state index in [0.717, 1.165) is 39.6 Å². The summed E-state index contributed by atoms with van der Waals surface area (Å²) in [5.41, 5.74) is 7.94. The standard InChI is InChI=1S/C19H21N3O2S/c1-12-5-4-6-13(2)18(12)20-19(25)22-21-14(3)15-7-8-16-17(11-15)24-10-9-23-16/h4-8,11H,9-10H2,1-3H3,(H2,20,22,25)/b21-14-. The van der Waals surface area contributed by atoms with Gasteiger partial charge in [0.15, 0.2) is 16.6 Å². The van der Waals surface area contributed by atoms with Gasteiger partial charge in [0.2, 0.25) is 0 Å². The summed E-state index contributed by atoms with van der Waals surface area (Å²) in [6.07, 6.45) is 0. The number of hydrogen-bond donors (Lipinski definition) is 2. The average molecular weight is 355 g/mol. The molecule has 0 unspecified atom stereocenters. The number of hydrazone groups is 1. The topological polar surface area (TPSA) is 54.9 Å². The Morgan fingerprint density at radius 3 is 2.44 bits per heavy atom. The van der Waals surface area contributed by atoms with Crippen LogP contribution in [0.5, 0.6) is 11.5 Å². The molecule has 0 aliphatic carbocycles. The van der Waals surface area contributed by atoms with Gasteiger partial charge in [0, 0.05) is 11.3 Å². The summed E-state index contributed by atoms with van der Waals surface area (Å²) in [6, 6.07) is 11.9.